The number of aryl methyl sites for hydroxylation is 1. The van der Waals surface area contributed by atoms with Crippen molar-refractivity contribution in [2.45, 2.75) is 56.7 Å². The first-order chi connectivity index (χ1) is 20.0. The van der Waals surface area contributed by atoms with Gasteiger partial charge in [0, 0.05) is 46.3 Å². The molecule has 12 heteroatoms. The molecule has 2 amide bonds. The molecule has 1 saturated heterocycles. The van der Waals surface area contributed by atoms with Crippen molar-refractivity contribution in [2.24, 2.45) is 0 Å². The van der Waals surface area contributed by atoms with Gasteiger partial charge in [-0.25, -0.2) is 18.2 Å². The van der Waals surface area contributed by atoms with Gasteiger partial charge in [0.25, 0.3) is 5.92 Å². The first-order valence-corrected chi connectivity index (χ1v) is 14.8. The van der Waals surface area contributed by atoms with Crippen molar-refractivity contribution in [3.63, 3.8) is 0 Å². The Morgan fingerprint density at radius 2 is 1.98 bits per heavy atom. The third-order valence-corrected chi connectivity index (χ3v) is 9.00. The fourth-order valence-corrected chi connectivity index (χ4v) is 6.93. The number of rotatable bonds is 8. The maximum atomic E-state index is 14.7. The Hall–Kier alpha value is -3.49. The van der Waals surface area contributed by atoms with Crippen LogP contribution in [0.4, 0.5) is 24.7 Å². The van der Waals surface area contributed by atoms with Crippen LogP contribution in [0.15, 0.2) is 60.8 Å². The molecule has 1 aromatic heterocycles. The van der Waals surface area contributed by atoms with Gasteiger partial charge >= 0.3 is 0 Å². The van der Waals surface area contributed by atoms with Gasteiger partial charge in [-0.2, -0.15) is 5.26 Å². The van der Waals surface area contributed by atoms with E-state index in [1.807, 2.05) is 25.1 Å². The van der Waals surface area contributed by atoms with Crippen LogP contribution in [0, 0.1) is 27.6 Å². The Morgan fingerprint density at radius 3 is 2.64 bits per heavy atom. The van der Waals surface area contributed by atoms with Crippen LogP contribution in [0.5, 0.6) is 0 Å². The van der Waals surface area contributed by atoms with Gasteiger partial charge in [-0.1, -0.05) is 27.1 Å². The number of anilines is 2. The summed E-state index contributed by atoms with van der Waals surface area (Å²) in [6.45, 7) is 1.84. The van der Waals surface area contributed by atoms with Crippen molar-refractivity contribution in [3.8, 4) is 6.07 Å². The number of nitrogens with zero attached hydrogens (tertiary/aromatic N) is 4. The standard InChI is InChI=1S/C30H26F3IN5O2P/c1-17-4-2-7-22(34)26(17)27(28(41)37-20-14-30(32,33)15-20)38(21-6-3-5-19(31)13-21)29(42)23-8-9-25(40)39(23)24-12-18(16-35)10-11-36-24/h2-7,10-13,20,23,27,42H,8-9,14-15H2,1H3,(H,37,41)/t23-,27+/m0/s1. The van der Waals surface area contributed by atoms with Crippen LogP contribution in [0.25, 0.3) is 0 Å². The summed E-state index contributed by atoms with van der Waals surface area (Å²) < 4.78 is 42.9. The molecule has 216 valence electrons. The smallest absolute Gasteiger partial charge is 0.252 e. The van der Waals surface area contributed by atoms with Crippen LogP contribution in [0.1, 0.15) is 48.4 Å². The maximum Gasteiger partial charge on any atom is 0.252 e. The molecule has 2 fully saturated rings. The molecule has 3 aromatic rings. The molecular weight excluding hydrogens is 677 g/mol. The Bertz CT molecular complexity index is 1590. The van der Waals surface area contributed by atoms with Gasteiger partial charge in [-0.3, -0.25) is 14.5 Å². The number of nitrogens with one attached hydrogen (secondary N) is 1. The van der Waals surface area contributed by atoms with Crippen LogP contribution in [-0.2, 0) is 9.59 Å². The number of aromatic nitrogens is 1. The molecule has 0 spiro atoms. The first-order valence-electron chi connectivity index (χ1n) is 13.2. The summed E-state index contributed by atoms with van der Waals surface area (Å²) in [6.07, 6.45) is 1.02. The second-order valence-electron chi connectivity index (χ2n) is 10.4. The number of carbonyl (C=O) groups excluding carboxylic acids is 2. The van der Waals surface area contributed by atoms with E-state index in [0.29, 0.717) is 28.7 Å². The van der Waals surface area contributed by atoms with E-state index in [9.17, 15) is 28.0 Å². The average Bonchev–Trinajstić information content (AvgIpc) is 3.32. The zero-order valence-electron chi connectivity index (χ0n) is 22.5. The lowest BCUT2D eigenvalue weighted by molar-refractivity contribution is -0.130. The summed E-state index contributed by atoms with van der Waals surface area (Å²) in [5.74, 6) is -3.89. The van der Waals surface area contributed by atoms with Crippen molar-refractivity contribution >= 4 is 60.2 Å². The van der Waals surface area contributed by atoms with Crippen molar-refractivity contribution in [3.05, 3.63) is 86.9 Å². The van der Waals surface area contributed by atoms with Crippen LogP contribution in [0.2, 0.25) is 0 Å². The summed E-state index contributed by atoms with van der Waals surface area (Å²) in [6, 6.07) is 13.8. The van der Waals surface area contributed by atoms with Gasteiger partial charge in [-0.05, 0) is 77.9 Å². The molecular formula is C30H26F3IN5O2P. The van der Waals surface area contributed by atoms with Gasteiger partial charge in [0.2, 0.25) is 11.8 Å². The molecule has 1 N–H and O–H groups in total. The highest BCUT2D eigenvalue weighted by molar-refractivity contribution is 14.1. The van der Waals surface area contributed by atoms with E-state index in [2.05, 4.69) is 47.8 Å². The SMILES string of the molecule is Cc1cccc(I)c1[C@H](C(=O)NC1CC(F)(F)C1)N(C(=P)[C@@H]1CCC(=O)N1c1cc(C#N)ccn1)c1cccc(F)c1. The number of hydrogen-bond acceptors (Lipinski definition) is 4. The Labute approximate surface area is 257 Å². The number of halogens is 4. The minimum Gasteiger partial charge on any atom is -0.351 e. The number of benzene rings is 2. The molecule has 2 aromatic carbocycles. The molecule has 2 atom stereocenters. The second-order valence-corrected chi connectivity index (χ2v) is 12.1. The first kappa shape index (κ1) is 30.0. The molecule has 42 heavy (non-hydrogen) atoms. The largest absolute Gasteiger partial charge is 0.351 e. The predicted octanol–water partition coefficient (Wildman–Crippen LogP) is 5.94. The lowest BCUT2D eigenvalue weighted by Gasteiger charge is -2.41. The maximum absolute atomic E-state index is 14.7. The van der Waals surface area contributed by atoms with E-state index in [-0.39, 0.29) is 18.1 Å². The molecule has 1 saturated carbocycles. The number of nitriles is 1. The van der Waals surface area contributed by atoms with Crippen LogP contribution in [0.3, 0.4) is 0 Å². The fourth-order valence-electron chi connectivity index (χ4n) is 5.48. The summed E-state index contributed by atoms with van der Waals surface area (Å²) in [4.78, 5) is 34.7. The van der Waals surface area contributed by atoms with E-state index in [0.717, 1.165) is 9.13 Å². The zero-order valence-corrected chi connectivity index (χ0v) is 25.6. The number of pyridine rings is 1. The average molecular weight is 703 g/mol. The molecule has 2 heterocycles. The van der Waals surface area contributed by atoms with Gasteiger partial charge in [0.15, 0.2) is 0 Å². The number of hydrogen-bond donors (Lipinski definition) is 1. The summed E-state index contributed by atoms with van der Waals surface area (Å²) >= 11 is 2.12. The highest BCUT2D eigenvalue weighted by atomic mass is 127. The van der Waals surface area contributed by atoms with E-state index in [1.165, 1.54) is 41.4 Å². The van der Waals surface area contributed by atoms with Crippen LogP contribution >= 0.6 is 31.5 Å². The number of alkyl halides is 2. The van der Waals surface area contributed by atoms with Crippen LogP contribution < -0.4 is 15.1 Å². The van der Waals surface area contributed by atoms with Crippen molar-refractivity contribution in [1.29, 1.82) is 5.26 Å². The van der Waals surface area contributed by atoms with E-state index in [4.69, 9.17) is 0 Å². The Kier molecular flexibility index (Phi) is 8.58. The van der Waals surface area contributed by atoms with E-state index in [1.54, 1.807) is 11.0 Å². The van der Waals surface area contributed by atoms with Crippen molar-refractivity contribution < 1.29 is 22.8 Å². The van der Waals surface area contributed by atoms with E-state index >= 15 is 0 Å². The zero-order chi connectivity index (χ0) is 30.2. The van der Waals surface area contributed by atoms with Crippen molar-refractivity contribution in [1.82, 2.24) is 10.3 Å². The lowest BCUT2D eigenvalue weighted by atomic mass is 9.87. The monoisotopic (exact) mass is 703 g/mol. The fraction of sp³-hybridized carbons (Fsp3) is 0.300. The number of carbonyl (C=O) groups is 2. The second kappa shape index (κ2) is 12.0. The Morgan fingerprint density at radius 1 is 1.24 bits per heavy atom. The minimum atomic E-state index is -2.84. The van der Waals surface area contributed by atoms with Crippen LogP contribution in [-0.4, -0.2) is 40.2 Å². The summed E-state index contributed by atoms with van der Waals surface area (Å²) in [5.41, 5.74) is 2.39. The molecule has 1 aliphatic carbocycles. The minimum absolute atomic E-state index is 0.171. The molecule has 0 radical (unpaired) electrons. The van der Waals surface area contributed by atoms with Gasteiger partial charge in [0.05, 0.1) is 23.1 Å². The summed E-state index contributed by atoms with van der Waals surface area (Å²) in [7, 11) is 3.77. The number of amides is 2. The molecule has 0 unspecified atom stereocenters. The molecule has 0 bridgehead atoms. The predicted molar refractivity (Wildman–Crippen MR) is 164 cm³/mol. The quantitative estimate of drug-likeness (QED) is 0.232. The highest BCUT2D eigenvalue weighted by Gasteiger charge is 2.48. The third-order valence-electron chi connectivity index (χ3n) is 7.48. The molecule has 7 nitrogen and oxygen atoms in total. The lowest BCUT2D eigenvalue weighted by Crippen LogP contribution is -2.55. The van der Waals surface area contributed by atoms with Crippen molar-refractivity contribution in [2.75, 3.05) is 9.80 Å². The van der Waals surface area contributed by atoms with Gasteiger partial charge in [-0.15, -0.1) is 0 Å². The molecule has 1 aliphatic heterocycles. The summed E-state index contributed by atoms with van der Waals surface area (Å²) in [5, 5.41) is 12.2. The highest BCUT2D eigenvalue weighted by Crippen LogP contribution is 2.40. The third kappa shape index (κ3) is 6.01. The molecule has 2 aliphatic rings. The van der Waals surface area contributed by atoms with Gasteiger partial charge < -0.3 is 10.2 Å². The topological polar surface area (TPSA) is 89.3 Å². The van der Waals surface area contributed by atoms with E-state index < -0.39 is 48.6 Å². The normalized spacial score (nSPS) is 18.6. The van der Waals surface area contributed by atoms with Gasteiger partial charge in [0.1, 0.15) is 17.7 Å². The Balaban J connectivity index is 1.63. The molecule has 5 rings (SSSR count).